The lowest BCUT2D eigenvalue weighted by atomic mass is 9.79. The van der Waals surface area contributed by atoms with Crippen LogP contribution in [0.25, 0.3) is 0 Å². The van der Waals surface area contributed by atoms with Gasteiger partial charge in [-0.25, -0.2) is 0 Å². The summed E-state index contributed by atoms with van der Waals surface area (Å²) in [6.45, 7) is -0.708. The number of ether oxygens (including phenoxy) is 4. The van der Waals surface area contributed by atoms with Gasteiger partial charge in [0.1, 0.15) is 44.0 Å². The summed E-state index contributed by atoms with van der Waals surface area (Å²) in [5.74, 6) is -3.04. The van der Waals surface area contributed by atoms with Gasteiger partial charge in [-0.3, -0.25) is 19.4 Å². The van der Waals surface area contributed by atoms with E-state index in [9.17, 15) is 39.6 Å². The molecule has 4 aliphatic heterocycles. The van der Waals surface area contributed by atoms with Crippen LogP contribution in [0, 0.1) is 0 Å². The number of ketones is 2. The number of carbonyl (C=O) groups excluding carboxylic acids is 4. The van der Waals surface area contributed by atoms with Gasteiger partial charge in [-0.1, -0.05) is 42.5 Å². The summed E-state index contributed by atoms with van der Waals surface area (Å²) in [6.07, 6.45) is -8.89. The highest BCUT2D eigenvalue weighted by Gasteiger charge is 2.47. The number of para-hydroxylation sites is 1. The molecule has 17 heteroatoms. The molecule has 6 N–H and O–H groups in total. The molecule has 8 rings (SSSR count). The van der Waals surface area contributed by atoms with Crippen molar-refractivity contribution in [3.63, 3.8) is 0 Å². The van der Waals surface area contributed by atoms with Gasteiger partial charge in [0.2, 0.25) is 12.2 Å². The zero-order chi connectivity index (χ0) is 38.5. The van der Waals surface area contributed by atoms with Crippen molar-refractivity contribution in [1.29, 1.82) is 0 Å². The maximum atomic E-state index is 14.3. The number of guanidine groups is 1. The molecule has 1 aliphatic carbocycles. The van der Waals surface area contributed by atoms with Crippen molar-refractivity contribution >= 4 is 47.0 Å². The second kappa shape index (κ2) is 14.5. The number of amides is 1. The van der Waals surface area contributed by atoms with E-state index < -0.39 is 66.8 Å². The maximum Gasteiger partial charge on any atom is 0.302 e. The molecule has 7 atom stereocenters. The number of aliphatic imine (C=N–C) groups is 3. The highest BCUT2D eigenvalue weighted by molar-refractivity contribution is 6.72. The molecule has 1 amide bonds. The number of aliphatic hydroxyl groups excluding tert-OH is 4. The largest absolute Gasteiger partial charge is 0.486 e. The van der Waals surface area contributed by atoms with Crippen LogP contribution in [0.4, 0.5) is 5.69 Å². The first-order valence-corrected chi connectivity index (χ1v) is 17.5. The number of benzene rings is 3. The fourth-order valence-corrected chi connectivity index (χ4v) is 7.44. The first kappa shape index (κ1) is 36.3. The molecule has 17 nitrogen and oxygen atoms in total. The van der Waals surface area contributed by atoms with Crippen LogP contribution in [0.1, 0.15) is 61.7 Å². The van der Waals surface area contributed by atoms with Crippen LogP contribution in [-0.4, -0.2) is 125 Å². The number of rotatable bonds is 7. The Morgan fingerprint density at radius 3 is 2.47 bits per heavy atom. The minimum absolute atomic E-state index is 0.0111. The number of amidine groups is 1. The molecule has 3 aromatic carbocycles. The lowest BCUT2D eigenvalue weighted by Crippen LogP contribution is -2.60. The molecule has 1 fully saturated rings. The number of aliphatic hydroxyl groups is 4. The quantitative estimate of drug-likeness (QED) is 0.156. The van der Waals surface area contributed by atoms with Crippen LogP contribution in [0.15, 0.2) is 69.6 Å². The minimum Gasteiger partial charge on any atom is -0.486 e. The average Bonchev–Trinajstić information content (AvgIpc) is 3.60. The number of hydrogen-bond acceptors (Lipinski definition) is 16. The highest BCUT2D eigenvalue weighted by atomic mass is 16.7. The van der Waals surface area contributed by atoms with Crippen molar-refractivity contribution in [2.45, 2.75) is 55.6 Å². The van der Waals surface area contributed by atoms with Crippen molar-refractivity contribution < 1.29 is 58.6 Å². The Hall–Kier alpha value is -5.69. The maximum absolute atomic E-state index is 14.3. The van der Waals surface area contributed by atoms with Crippen molar-refractivity contribution in [3.05, 3.63) is 88.0 Å². The molecule has 1 saturated heterocycles. The van der Waals surface area contributed by atoms with Gasteiger partial charge >= 0.3 is 5.91 Å². The number of fused-ring (bicyclic) bond motifs is 6. The van der Waals surface area contributed by atoms with Crippen LogP contribution < -0.4 is 20.1 Å². The Labute approximate surface area is 312 Å². The third kappa shape index (κ3) is 6.29. The summed E-state index contributed by atoms with van der Waals surface area (Å²) >= 11 is 0. The smallest absolute Gasteiger partial charge is 0.302 e. The van der Waals surface area contributed by atoms with Gasteiger partial charge in [0.25, 0.3) is 0 Å². The third-order valence-corrected chi connectivity index (χ3v) is 10.1. The van der Waals surface area contributed by atoms with Crippen molar-refractivity contribution in [1.82, 2.24) is 0 Å². The molecule has 5 aliphatic rings. The zero-order valence-electron chi connectivity index (χ0n) is 29.0. The van der Waals surface area contributed by atoms with E-state index in [4.69, 9.17) is 24.7 Å². The fraction of sp³-hybridized carbons (Fsp3) is 0.342. The lowest BCUT2D eigenvalue weighted by Gasteiger charge is -2.40. The number of nitrogens with two attached hydrogens (primary N) is 1. The molecule has 0 radical (unpaired) electrons. The van der Waals surface area contributed by atoms with E-state index in [1.54, 1.807) is 41.3 Å². The van der Waals surface area contributed by atoms with Crippen molar-refractivity contribution in [3.8, 4) is 11.5 Å². The second-order valence-corrected chi connectivity index (χ2v) is 13.5. The summed E-state index contributed by atoms with van der Waals surface area (Å²) in [6, 6.07) is 14.9. The number of nitrogens with zero attached hydrogens (tertiary/aromatic N) is 4. The zero-order valence-corrected chi connectivity index (χ0v) is 29.0. The van der Waals surface area contributed by atoms with E-state index in [0.717, 1.165) is 0 Å². The average molecular weight is 754 g/mol. The summed E-state index contributed by atoms with van der Waals surface area (Å²) in [5, 5.41) is 43.5. The third-order valence-electron chi connectivity index (χ3n) is 10.1. The molecule has 0 spiro atoms. The molecule has 0 saturated carbocycles. The predicted molar refractivity (Wildman–Crippen MR) is 192 cm³/mol. The SMILES string of the molecule is NC1=NC(=O)C2=NCN(c3ccccc3C3CCOCC4OC(Oc5c3cc3c(c5OCC(O)CC=O)C(=O)c5ccccc5C3=O)C(O)C(O)C4O)C2=N1. The number of hydrogen-bond donors (Lipinski definition) is 5. The van der Waals surface area contributed by atoms with E-state index in [0.29, 0.717) is 17.5 Å². The minimum atomic E-state index is -1.82. The molecular formula is C38H35N5O12. The van der Waals surface area contributed by atoms with Gasteiger partial charge in [0.05, 0.1) is 18.3 Å². The van der Waals surface area contributed by atoms with E-state index in [-0.39, 0.29) is 89.5 Å². The Bertz CT molecular complexity index is 2200. The molecular weight excluding hydrogens is 718 g/mol. The first-order chi connectivity index (χ1) is 26.6. The topological polar surface area (TPSA) is 252 Å². The van der Waals surface area contributed by atoms with Gasteiger partial charge in [-0.2, -0.15) is 9.98 Å². The summed E-state index contributed by atoms with van der Waals surface area (Å²) in [4.78, 5) is 66.7. The first-order valence-electron chi connectivity index (χ1n) is 17.5. The lowest BCUT2D eigenvalue weighted by molar-refractivity contribution is -0.279. The van der Waals surface area contributed by atoms with Gasteiger partial charge < -0.3 is 54.8 Å². The van der Waals surface area contributed by atoms with Gasteiger partial charge in [0.15, 0.2) is 34.6 Å². The molecule has 55 heavy (non-hydrogen) atoms. The van der Waals surface area contributed by atoms with Crippen LogP contribution in [-0.2, 0) is 19.1 Å². The molecule has 7 unspecified atom stereocenters. The summed E-state index contributed by atoms with van der Waals surface area (Å²) in [5.41, 5.74) is 7.29. The number of anilines is 1. The van der Waals surface area contributed by atoms with E-state index in [1.165, 1.54) is 18.2 Å². The van der Waals surface area contributed by atoms with Crippen LogP contribution in [0.3, 0.4) is 0 Å². The Kier molecular flexibility index (Phi) is 9.58. The Balaban J connectivity index is 1.37. The van der Waals surface area contributed by atoms with Gasteiger partial charge in [-0.15, -0.1) is 0 Å². The molecule has 284 valence electrons. The normalized spacial score (nSPS) is 26.5. The highest BCUT2D eigenvalue weighted by Crippen LogP contribution is 2.49. The molecule has 2 bridgehead atoms. The Morgan fingerprint density at radius 1 is 0.945 bits per heavy atom. The van der Waals surface area contributed by atoms with Crippen LogP contribution in [0.5, 0.6) is 11.5 Å². The second-order valence-electron chi connectivity index (χ2n) is 13.5. The van der Waals surface area contributed by atoms with Crippen LogP contribution in [0.2, 0.25) is 0 Å². The van der Waals surface area contributed by atoms with E-state index in [1.807, 2.05) is 0 Å². The summed E-state index contributed by atoms with van der Waals surface area (Å²) in [7, 11) is 0. The fourth-order valence-electron chi connectivity index (χ4n) is 7.44. The van der Waals surface area contributed by atoms with Crippen molar-refractivity contribution in [2.75, 3.05) is 31.4 Å². The monoisotopic (exact) mass is 753 g/mol. The standard InChI is InChI=1S/C38H35N5O12/c39-38-41-35-27(36(51)42-38)40-16-43(35)24-8-4-3-5-19(24)18-10-12-52-15-25-30(48)31(49)32(50)37(54-25)55-33-22(18)13-23-26(34(33)53-14-17(45)9-11-44)29(47)21-7-2-1-6-20(21)28(23)46/h1-8,11,13,17-18,25,30-32,37,45,48-50H,9-10,12,14-16H2,(H2,39,42,51). The predicted octanol–water partition coefficient (Wildman–Crippen LogP) is 0.00120. The van der Waals surface area contributed by atoms with Crippen molar-refractivity contribution in [2.24, 2.45) is 20.7 Å². The number of aldehydes is 1. The van der Waals surface area contributed by atoms with Gasteiger partial charge in [-0.05, 0) is 24.1 Å². The Morgan fingerprint density at radius 2 is 1.69 bits per heavy atom. The van der Waals surface area contributed by atoms with E-state index in [2.05, 4.69) is 15.0 Å². The van der Waals surface area contributed by atoms with E-state index >= 15 is 0 Å². The molecule has 4 heterocycles. The van der Waals surface area contributed by atoms with Crippen LogP contribution >= 0.6 is 0 Å². The molecule has 0 aromatic heterocycles. The van der Waals surface area contributed by atoms with Gasteiger partial charge in [0, 0.05) is 46.9 Å². The number of carbonyl (C=O) groups is 4. The molecule has 3 aromatic rings. The summed E-state index contributed by atoms with van der Waals surface area (Å²) < 4.78 is 24.6.